The van der Waals surface area contributed by atoms with E-state index in [1.165, 1.54) is 23.8 Å². The molecule has 0 spiro atoms. The van der Waals surface area contributed by atoms with Crippen molar-refractivity contribution >= 4 is 22.6 Å². The number of aryl methyl sites for hydroxylation is 1. The van der Waals surface area contributed by atoms with Crippen molar-refractivity contribution in [3.05, 3.63) is 71.9 Å². The topological polar surface area (TPSA) is 63.4 Å². The minimum absolute atomic E-state index is 0.520. The zero-order chi connectivity index (χ0) is 20.8. The molecule has 1 aromatic heterocycles. The molecule has 5 heteroatoms. The van der Waals surface area contributed by atoms with E-state index in [0.29, 0.717) is 11.8 Å². The fourth-order valence-corrected chi connectivity index (χ4v) is 4.20. The van der Waals surface area contributed by atoms with E-state index in [1.807, 2.05) is 18.3 Å². The van der Waals surface area contributed by atoms with Crippen LogP contribution in [0, 0.1) is 0 Å². The Morgan fingerprint density at radius 1 is 1.10 bits per heavy atom. The van der Waals surface area contributed by atoms with Gasteiger partial charge in [0.1, 0.15) is 5.75 Å². The van der Waals surface area contributed by atoms with E-state index < -0.39 is 6.16 Å². The van der Waals surface area contributed by atoms with Crippen LogP contribution in [0.4, 0.5) is 4.79 Å². The highest BCUT2D eigenvalue weighted by Crippen LogP contribution is 2.30. The summed E-state index contributed by atoms with van der Waals surface area (Å²) in [4.78, 5) is 14.8. The van der Waals surface area contributed by atoms with Crippen molar-refractivity contribution in [1.29, 1.82) is 0 Å². The molecule has 1 aliphatic rings. The monoisotopic (exact) mass is 404 g/mol. The van der Waals surface area contributed by atoms with Crippen molar-refractivity contribution in [3.63, 3.8) is 0 Å². The van der Waals surface area contributed by atoms with E-state index in [1.54, 1.807) is 6.07 Å². The highest BCUT2D eigenvalue weighted by atomic mass is 16.7. The molecular weight excluding hydrogens is 376 g/mol. The van der Waals surface area contributed by atoms with Crippen LogP contribution in [-0.4, -0.2) is 30.8 Å². The lowest BCUT2D eigenvalue weighted by molar-refractivity contribution is 0.122. The lowest BCUT2D eigenvalue weighted by Crippen LogP contribution is -2.32. The van der Waals surface area contributed by atoms with Gasteiger partial charge in [-0.05, 0) is 54.5 Å². The van der Waals surface area contributed by atoms with E-state index in [9.17, 15) is 4.79 Å². The maximum Gasteiger partial charge on any atom is 0.513 e. The summed E-state index contributed by atoms with van der Waals surface area (Å²) in [5.41, 5.74) is 4.92. The van der Waals surface area contributed by atoms with E-state index in [0.717, 1.165) is 49.6 Å². The molecule has 2 aromatic carbocycles. The van der Waals surface area contributed by atoms with E-state index in [-0.39, 0.29) is 0 Å². The molecule has 1 atom stereocenters. The molecular formula is C25H28N2O3. The average Bonchev–Trinajstić information content (AvgIpc) is 3.21. The standard InChI is InChI=1S/C25H28N2O3/c1-29-25(28)30-23-13-7-12-22-24(23)20(17-27-22)10-5-6-11-21-16-19(14-15-26-21)18-8-3-2-4-9-18/h2-4,7-9,12-14,17,21,26-27H,5-6,10-11,15-16H2,1H3. The van der Waals surface area contributed by atoms with Crippen LogP contribution in [0.1, 0.15) is 36.8 Å². The number of fused-ring (bicyclic) bond motifs is 1. The van der Waals surface area contributed by atoms with Crippen LogP contribution in [-0.2, 0) is 11.2 Å². The third-order valence-electron chi connectivity index (χ3n) is 5.72. The number of aromatic nitrogens is 1. The number of carbonyl (C=O) groups excluding carboxylic acids is 1. The lowest BCUT2D eigenvalue weighted by Gasteiger charge is -2.24. The van der Waals surface area contributed by atoms with Crippen LogP contribution in [0.3, 0.4) is 0 Å². The number of hydrogen-bond donors (Lipinski definition) is 2. The molecule has 0 bridgehead atoms. The number of unbranched alkanes of at least 4 members (excludes halogenated alkanes) is 1. The van der Waals surface area contributed by atoms with E-state index >= 15 is 0 Å². The van der Waals surface area contributed by atoms with Gasteiger partial charge >= 0.3 is 6.16 Å². The molecule has 1 unspecified atom stereocenters. The highest BCUT2D eigenvalue weighted by Gasteiger charge is 2.16. The maximum absolute atomic E-state index is 11.6. The third kappa shape index (κ3) is 4.74. The first kappa shape index (κ1) is 20.2. The maximum atomic E-state index is 11.6. The average molecular weight is 405 g/mol. The number of H-pyrrole nitrogens is 1. The van der Waals surface area contributed by atoms with Gasteiger partial charge in [0.15, 0.2) is 0 Å². The fourth-order valence-electron chi connectivity index (χ4n) is 4.20. The normalized spacial score (nSPS) is 16.3. The first-order valence-corrected chi connectivity index (χ1v) is 10.6. The zero-order valence-electron chi connectivity index (χ0n) is 17.3. The number of hydrogen-bond acceptors (Lipinski definition) is 4. The number of nitrogens with one attached hydrogen (secondary N) is 2. The second-order valence-corrected chi connectivity index (χ2v) is 7.70. The van der Waals surface area contributed by atoms with Gasteiger partial charge in [-0.15, -0.1) is 0 Å². The van der Waals surface area contributed by atoms with Gasteiger partial charge in [0, 0.05) is 29.7 Å². The van der Waals surface area contributed by atoms with Crippen molar-refractivity contribution in [2.75, 3.05) is 13.7 Å². The summed E-state index contributed by atoms with van der Waals surface area (Å²) >= 11 is 0. The van der Waals surface area contributed by atoms with Gasteiger partial charge in [-0.2, -0.15) is 0 Å². The van der Waals surface area contributed by atoms with Crippen LogP contribution in [0.5, 0.6) is 5.75 Å². The van der Waals surface area contributed by atoms with Gasteiger partial charge in [0.25, 0.3) is 0 Å². The molecule has 0 aliphatic carbocycles. The predicted octanol–water partition coefficient (Wildman–Crippen LogP) is 5.47. The van der Waals surface area contributed by atoms with Crippen molar-refractivity contribution < 1.29 is 14.3 Å². The molecule has 0 saturated heterocycles. The second kappa shape index (κ2) is 9.63. The number of rotatable bonds is 7. The molecule has 0 saturated carbocycles. The smallest absolute Gasteiger partial charge is 0.437 e. The van der Waals surface area contributed by atoms with E-state index in [4.69, 9.17) is 4.74 Å². The Balaban J connectivity index is 1.32. The third-order valence-corrected chi connectivity index (χ3v) is 5.72. The summed E-state index contributed by atoms with van der Waals surface area (Å²) in [5, 5.41) is 4.59. The summed E-state index contributed by atoms with van der Waals surface area (Å²) in [5.74, 6) is 0.544. The number of methoxy groups -OCH3 is 1. The first-order chi connectivity index (χ1) is 14.7. The molecule has 3 aromatic rings. The molecule has 1 aliphatic heterocycles. The predicted molar refractivity (Wildman–Crippen MR) is 120 cm³/mol. The van der Waals surface area contributed by atoms with Crippen LogP contribution in [0.25, 0.3) is 16.5 Å². The minimum Gasteiger partial charge on any atom is -0.437 e. The number of aromatic amines is 1. The Morgan fingerprint density at radius 3 is 2.80 bits per heavy atom. The van der Waals surface area contributed by atoms with Crippen LogP contribution >= 0.6 is 0 Å². The molecule has 0 amide bonds. The van der Waals surface area contributed by atoms with Gasteiger partial charge in [0.05, 0.1) is 7.11 Å². The van der Waals surface area contributed by atoms with Gasteiger partial charge in [-0.1, -0.05) is 48.9 Å². The van der Waals surface area contributed by atoms with Gasteiger partial charge in [-0.3, -0.25) is 0 Å². The van der Waals surface area contributed by atoms with Gasteiger partial charge in [-0.25, -0.2) is 4.79 Å². The van der Waals surface area contributed by atoms with Gasteiger partial charge in [0.2, 0.25) is 0 Å². The lowest BCUT2D eigenvalue weighted by atomic mass is 9.92. The van der Waals surface area contributed by atoms with Crippen molar-refractivity contribution in [2.45, 2.75) is 38.1 Å². The Labute approximate surface area is 177 Å². The summed E-state index contributed by atoms with van der Waals surface area (Å²) in [6.07, 6.45) is 9.03. The van der Waals surface area contributed by atoms with Crippen LogP contribution in [0.2, 0.25) is 0 Å². The summed E-state index contributed by atoms with van der Waals surface area (Å²) in [6.45, 7) is 0.936. The summed E-state index contributed by atoms with van der Waals surface area (Å²) in [6, 6.07) is 16.8. The molecule has 156 valence electrons. The Hall–Kier alpha value is -3.05. The van der Waals surface area contributed by atoms with Crippen molar-refractivity contribution in [1.82, 2.24) is 10.3 Å². The number of carbonyl (C=O) groups is 1. The second-order valence-electron chi connectivity index (χ2n) is 7.70. The Bertz CT molecular complexity index is 1020. The highest BCUT2D eigenvalue weighted by molar-refractivity contribution is 5.90. The minimum atomic E-state index is -0.694. The quantitative estimate of drug-likeness (QED) is 0.311. The molecule has 4 rings (SSSR count). The Morgan fingerprint density at radius 2 is 1.97 bits per heavy atom. The van der Waals surface area contributed by atoms with Crippen LogP contribution in [0.15, 0.2) is 60.8 Å². The van der Waals surface area contributed by atoms with Gasteiger partial charge < -0.3 is 19.8 Å². The molecule has 0 fully saturated rings. The summed E-state index contributed by atoms with van der Waals surface area (Å²) in [7, 11) is 1.32. The molecule has 30 heavy (non-hydrogen) atoms. The molecule has 2 heterocycles. The SMILES string of the molecule is COC(=O)Oc1cccc2[nH]cc(CCCCC3CC(c4ccccc4)=CCN3)c12. The number of benzene rings is 2. The fraction of sp³-hybridized carbons (Fsp3) is 0.320. The van der Waals surface area contributed by atoms with Crippen LogP contribution < -0.4 is 10.1 Å². The Kier molecular flexibility index (Phi) is 6.50. The van der Waals surface area contributed by atoms with Crippen molar-refractivity contribution in [2.24, 2.45) is 0 Å². The summed E-state index contributed by atoms with van der Waals surface area (Å²) < 4.78 is 9.98. The molecule has 2 N–H and O–H groups in total. The molecule has 5 nitrogen and oxygen atoms in total. The van der Waals surface area contributed by atoms with E-state index in [2.05, 4.69) is 51.4 Å². The first-order valence-electron chi connectivity index (χ1n) is 10.6. The largest absolute Gasteiger partial charge is 0.513 e. The molecule has 0 radical (unpaired) electrons. The number of ether oxygens (including phenoxy) is 2. The van der Waals surface area contributed by atoms with Crippen molar-refractivity contribution in [3.8, 4) is 5.75 Å². The zero-order valence-corrected chi connectivity index (χ0v) is 17.3.